The van der Waals surface area contributed by atoms with E-state index in [-0.39, 0.29) is 11.9 Å². The van der Waals surface area contributed by atoms with Crippen LogP contribution in [-0.2, 0) is 6.54 Å². The van der Waals surface area contributed by atoms with Gasteiger partial charge in [0, 0.05) is 18.4 Å². The van der Waals surface area contributed by atoms with E-state index in [0.717, 1.165) is 17.6 Å². The Kier molecular flexibility index (Phi) is 5.74. The quantitative estimate of drug-likeness (QED) is 0.472. The lowest BCUT2D eigenvalue weighted by Gasteiger charge is -2.16. The van der Waals surface area contributed by atoms with Crippen LogP contribution in [0.2, 0.25) is 0 Å². The molecule has 158 valence electrons. The second-order valence-corrected chi connectivity index (χ2v) is 7.01. The fraction of sp³-hybridized carbons (Fsp3) is 0.227. The zero-order valence-electron chi connectivity index (χ0n) is 17.5. The van der Waals surface area contributed by atoms with E-state index in [1.807, 2.05) is 49.0 Å². The lowest BCUT2D eigenvalue weighted by atomic mass is 10.1. The summed E-state index contributed by atoms with van der Waals surface area (Å²) < 4.78 is 6.94. The lowest BCUT2D eigenvalue weighted by molar-refractivity contribution is 0.102. The zero-order chi connectivity index (χ0) is 21.8. The summed E-state index contributed by atoms with van der Waals surface area (Å²) in [6.07, 6.45) is 6.62. The highest BCUT2D eigenvalue weighted by Gasteiger charge is 2.12. The maximum absolute atomic E-state index is 12.6. The van der Waals surface area contributed by atoms with Crippen molar-refractivity contribution in [2.24, 2.45) is 0 Å². The molecule has 0 fully saturated rings. The minimum atomic E-state index is -0.257. The normalized spacial score (nSPS) is 11.8. The minimum Gasteiger partial charge on any atom is -0.495 e. The van der Waals surface area contributed by atoms with Crippen LogP contribution in [-0.4, -0.2) is 37.7 Å². The number of aryl methyl sites for hydroxylation is 1. The van der Waals surface area contributed by atoms with Gasteiger partial charge in [-0.3, -0.25) is 14.5 Å². The van der Waals surface area contributed by atoms with Crippen molar-refractivity contribution in [2.45, 2.75) is 26.4 Å². The number of carbonyl (C=O) groups is 1. The molecule has 0 radical (unpaired) electrons. The number of amides is 1. The first kappa shape index (κ1) is 20.3. The van der Waals surface area contributed by atoms with E-state index in [4.69, 9.17) is 4.74 Å². The van der Waals surface area contributed by atoms with Gasteiger partial charge in [0.2, 0.25) is 5.65 Å². The second-order valence-electron chi connectivity index (χ2n) is 7.01. The first-order valence-electron chi connectivity index (χ1n) is 9.93. The summed E-state index contributed by atoms with van der Waals surface area (Å²) >= 11 is 0. The molecule has 3 heterocycles. The van der Waals surface area contributed by atoms with Crippen LogP contribution in [0.5, 0.6) is 5.75 Å². The highest BCUT2D eigenvalue weighted by Crippen LogP contribution is 2.22. The molecule has 0 aliphatic carbocycles. The van der Waals surface area contributed by atoms with Gasteiger partial charge in [-0.1, -0.05) is 12.1 Å². The first-order valence-corrected chi connectivity index (χ1v) is 9.93. The van der Waals surface area contributed by atoms with Crippen LogP contribution in [0, 0.1) is 0 Å². The van der Waals surface area contributed by atoms with Crippen molar-refractivity contribution in [2.75, 3.05) is 17.7 Å². The molecule has 2 N–H and O–H groups in total. The van der Waals surface area contributed by atoms with Crippen molar-refractivity contribution in [1.29, 1.82) is 0 Å². The number of hydrogen-bond acceptors (Lipinski definition) is 7. The third-order valence-electron chi connectivity index (χ3n) is 4.82. The Labute approximate surface area is 179 Å². The molecular weight excluding hydrogens is 394 g/mol. The maximum Gasteiger partial charge on any atom is 0.257 e. The molecule has 4 aromatic rings. The number of fused-ring (bicyclic) bond motifs is 1. The molecule has 9 heteroatoms. The predicted molar refractivity (Wildman–Crippen MR) is 118 cm³/mol. The number of ether oxygens (including phenoxy) is 1. The number of rotatable bonds is 7. The SMILES string of the molecule is CCn1cc2ncc(N[C@@H](C)c3cccc(NC(=O)c4cncc(OC)c4)c3)nc2n1. The number of pyridine rings is 1. The number of nitrogens with one attached hydrogen (secondary N) is 2. The summed E-state index contributed by atoms with van der Waals surface area (Å²) in [5, 5.41) is 10.6. The van der Waals surface area contributed by atoms with Crippen molar-refractivity contribution in [3.8, 4) is 5.75 Å². The van der Waals surface area contributed by atoms with Gasteiger partial charge in [0.15, 0.2) is 0 Å². The molecule has 0 unspecified atom stereocenters. The minimum absolute atomic E-state index is 0.0599. The highest BCUT2D eigenvalue weighted by atomic mass is 16.5. The Bertz CT molecular complexity index is 1220. The van der Waals surface area contributed by atoms with E-state index in [9.17, 15) is 4.79 Å². The molecule has 31 heavy (non-hydrogen) atoms. The molecule has 0 aliphatic rings. The van der Waals surface area contributed by atoms with Gasteiger partial charge in [-0.25, -0.2) is 9.97 Å². The molecule has 0 saturated carbocycles. The Hall–Kier alpha value is -4.01. The number of nitrogens with zero attached hydrogens (tertiary/aromatic N) is 5. The van der Waals surface area contributed by atoms with Crippen molar-refractivity contribution < 1.29 is 9.53 Å². The second kappa shape index (κ2) is 8.78. The van der Waals surface area contributed by atoms with Crippen LogP contribution in [0.15, 0.2) is 55.1 Å². The summed E-state index contributed by atoms with van der Waals surface area (Å²) in [4.78, 5) is 25.5. The average Bonchev–Trinajstić information content (AvgIpc) is 3.22. The summed E-state index contributed by atoms with van der Waals surface area (Å²) in [6, 6.07) is 9.22. The molecule has 4 rings (SSSR count). The molecule has 3 aromatic heterocycles. The molecule has 0 aliphatic heterocycles. The third kappa shape index (κ3) is 4.61. The molecule has 0 spiro atoms. The van der Waals surface area contributed by atoms with Gasteiger partial charge in [-0.2, -0.15) is 5.10 Å². The van der Waals surface area contributed by atoms with Gasteiger partial charge in [-0.15, -0.1) is 0 Å². The molecule has 1 aromatic carbocycles. The van der Waals surface area contributed by atoms with Gasteiger partial charge in [0.1, 0.15) is 17.1 Å². The molecular formula is C22H23N7O2. The van der Waals surface area contributed by atoms with Crippen LogP contribution < -0.4 is 15.4 Å². The van der Waals surface area contributed by atoms with Crippen molar-refractivity contribution >= 4 is 28.6 Å². The van der Waals surface area contributed by atoms with Gasteiger partial charge in [0.25, 0.3) is 5.91 Å². The van der Waals surface area contributed by atoms with E-state index >= 15 is 0 Å². The maximum atomic E-state index is 12.6. The number of aromatic nitrogens is 5. The average molecular weight is 417 g/mol. The summed E-state index contributed by atoms with van der Waals surface area (Å²) in [5.41, 5.74) is 3.46. The van der Waals surface area contributed by atoms with Gasteiger partial charge >= 0.3 is 0 Å². The number of methoxy groups -OCH3 is 1. The molecule has 1 amide bonds. The van der Waals surface area contributed by atoms with Gasteiger partial charge in [-0.05, 0) is 37.6 Å². The fourth-order valence-corrected chi connectivity index (χ4v) is 3.13. The zero-order valence-corrected chi connectivity index (χ0v) is 17.5. The number of benzene rings is 1. The van der Waals surface area contributed by atoms with Crippen molar-refractivity contribution in [1.82, 2.24) is 24.7 Å². The molecule has 0 saturated heterocycles. The Morgan fingerprint density at radius 1 is 1.23 bits per heavy atom. The van der Waals surface area contributed by atoms with Gasteiger partial charge in [0.05, 0.1) is 37.3 Å². The molecule has 1 atom stereocenters. The summed E-state index contributed by atoms with van der Waals surface area (Å²) in [6.45, 7) is 4.80. The summed E-state index contributed by atoms with van der Waals surface area (Å²) in [5.74, 6) is 0.909. The molecule has 9 nitrogen and oxygen atoms in total. The van der Waals surface area contributed by atoms with Crippen LogP contribution >= 0.6 is 0 Å². The highest BCUT2D eigenvalue weighted by molar-refractivity contribution is 6.04. The fourth-order valence-electron chi connectivity index (χ4n) is 3.13. The third-order valence-corrected chi connectivity index (χ3v) is 4.82. The summed E-state index contributed by atoms with van der Waals surface area (Å²) in [7, 11) is 1.54. The molecule has 0 bridgehead atoms. The standard InChI is InChI=1S/C22H23N7O2/c1-4-29-13-19-21(28-29)27-20(12-24-19)25-14(2)15-6-5-7-17(8-15)26-22(30)16-9-18(31-3)11-23-10-16/h5-14H,4H2,1-3H3,(H,26,30)(H,25,27,28)/t14-/m0/s1. The Morgan fingerprint density at radius 3 is 2.90 bits per heavy atom. The van der Waals surface area contributed by atoms with E-state index < -0.39 is 0 Å². The van der Waals surface area contributed by atoms with Crippen molar-refractivity contribution in [3.63, 3.8) is 0 Å². The Balaban J connectivity index is 1.47. The smallest absolute Gasteiger partial charge is 0.257 e. The number of carbonyl (C=O) groups excluding carboxylic acids is 1. The van der Waals surface area contributed by atoms with E-state index in [1.165, 1.54) is 13.3 Å². The van der Waals surface area contributed by atoms with E-state index in [0.29, 0.717) is 28.5 Å². The number of hydrogen-bond donors (Lipinski definition) is 2. The first-order chi connectivity index (χ1) is 15.1. The lowest BCUT2D eigenvalue weighted by Crippen LogP contribution is -2.13. The van der Waals surface area contributed by atoms with Crippen molar-refractivity contribution in [3.05, 3.63) is 66.2 Å². The topological polar surface area (TPSA) is 107 Å². The Morgan fingerprint density at radius 2 is 2.10 bits per heavy atom. The van der Waals surface area contributed by atoms with E-state index in [2.05, 4.69) is 30.7 Å². The number of anilines is 2. The van der Waals surface area contributed by atoms with Crippen LogP contribution in [0.4, 0.5) is 11.5 Å². The predicted octanol–water partition coefficient (Wildman–Crippen LogP) is 3.68. The largest absolute Gasteiger partial charge is 0.495 e. The van der Waals surface area contributed by atoms with Crippen LogP contribution in [0.3, 0.4) is 0 Å². The van der Waals surface area contributed by atoms with E-state index in [1.54, 1.807) is 18.5 Å². The van der Waals surface area contributed by atoms with Gasteiger partial charge < -0.3 is 15.4 Å². The van der Waals surface area contributed by atoms with Crippen LogP contribution in [0.1, 0.15) is 35.8 Å². The monoisotopic (exact) mass is 417 g/mol. The van der Waals surface area contributed by atoms with Crippen LogP contribution in [0.25, 0.3) is 11.2 Å².